The highest BCUT2D eigenvalue weighted by Crippen LogP contribution is 2.45. The van der Waals surface area contributed by atoms with Gasteiger partial charge >= 0.3 is 6.18 Å². The molecule has 156 valence electrons. The van der Waals surface area contributed by atoms with E-state index >= 15 is 0 Å². The molecule has 3 aromatic rings. The number of sulfone groups is 1. The Morgan fingerprint density at radius 3 is 2.27 bits per heavy atom. The Bertz CT molecular complexity index is 1260. The third-order valence-corrected chi connectivity index (χ3v) is 5.87. The van der Waals surface area contributed by atoms with Gasteiger partial charge < -0.3 is 0 Å². The Morgan fingerprint density at radius 1 is 1.13 bits per heavy atom. The number of rotatable bonds is 4. The number of aromatic nitrogens is 2. The highest BCUT2D eigenvalue weighted by atomic mass is 35.5. The molecule has 0 saturated heterocycles. The molecule has 1 heterocycles. The summed E-state index contributed by atoms with van der Waals surface area (Å²) < 4.78 is 65.8. The van der Waals surface area contributed by atoms with Crippen molar-refractivity contribution >= 4 is 33.0 Å². The van der Waals surface area contributed by atoms with E-state index in [2.05, 4.69) is 5.10 Å². The molecule has 0 aliphatic rings. The lowest BCUT2D eigenvalue weighted by Crippen LogP contribution is -2.15. The number of nitrogens with zero attached hydrogens (tertiary/aromatic N) is 3. The van der Waals surface area contributed by atoms with Crippen LogP contribution >= 0.6 is 23.2 Å². The molecule has 0 aliphatic heterocycles. The summed E-state index contributed by atoms with van der Waals surface area (Å²) >= 11 is 12.1. The van der Waals surface area contributed by atoms with Gasteiger partial charge in [-0.3, -0.25) is 0 Å². The first-order chi connectivity index (χ1) is 13.9. The average molecular weight is 474 g/mol. The van der Waals surface area contributed by atoms with E-state index < -0.39 is 28.3 Å². The quantitative estimate of drug-likeness (QED) is 0.503. The van der Waals surface area contributed by atoms with Gasteiger partial charge in [-0.15, -0.1) is 0 Å². The average Bonchev–Trinajstić information content (AvgIpc) is 3.01. The lowest BCUT2D eigenvalue weighted by atomic mass is 9.98. The van der Waals surface area contributed by atoms with Crippen LogP contribution in [0, 0.1) is 11.3 Å². The molecular formula is C19H12Cl2F3N3O2S. The molecule has 0 fully saturated rings. The lowest BCUT2D eigenvalue weighted by Gasteiger charge is -2.13. The van der Waals surface area contributed by atoms with Gasteiger partial charge in [0.1, 0.15) is 12.2 Å². The van der Waals surface area contributed by atoms with Gasteiger partial charge in [0.15, 0.2) is 15.5 Å². The first-order valence-electron chi connectivity index (χ1n) is 8.24. The van der Waals surface area contributed by atoms with Crippen LogP contribution in [0.15, 0.2) is 47.4 Å². The molecule has 3 rings (SSSR count). The molecule has 0 unspecified atom stereocenters. The van der Waals surface area contributed by atoms with Crippen molar-refractivity contribution in [1.82, 2.24) is 9.78 Å². The Hall–Kier alpha value is -2.54. The Morgan fingerprint density at radius 2 is 1.77 bits per heavy atom. The van der Waals surface area contributed by atoms with Gasteiger partial charge in [-0.25, -0.2) is 13.1 Å². The molecule has 0 N–H and O–H groups in total. The molecule has 5 nitrogen and oxygen atoms in total. The van der Waals surface area contributed by atoms with Crippen LogP contribution in [-0.4, -0.2) is 24.5 Å². The number of hydrogen-bond donors (Lipinski definition) is 0. The van der Waals surface area contributed by atoms with E-state index in [9.17, 15) is 21.6 Å². The summed E-state index contributed by atoms with van der Waals surface area (Å²) in [7, 11) is -3.49. The van der Waals surface area contributed by atoms with Crippen LogP contribution in [0.5, 0.6) is 0 Å². The molecule has 2 aromatic carbocycles. The molecule has 0 aliphatic carbocycles. The van der Waals surface area contributed by atoms with Gasteiger partial charge in [0.25, 0.3) is 0 Å². The van der Waals surface area contributed by atoms with Crippen molar-refractivity contribution in [2.24, 2.45) is 0 Å². The fraction of sp³-hybridized carbons (Fsp3) is 0.158. The van der Waals surface area contributed by atoms with Crippen molar-refractivity contribution in [3.05, 3.63) is 58.2 Å². The van der Waals surface area contributed by atoms with Crippen molar-refractivity contribution in [2.45, 2.75) is 17.6 Å². The summed E-state index contributed by atoms with van der Waals surface area (Å²) in [6.45, 7) is -0.644. The lowest BCUT2D eigenvalue weighted by molar-refractivity contribution is -0.143. The van der Waals surface area contributed by atoms with Crippen molar-refractivity contribution in [2.75, 3.05) is 6.26 Å². The second-order valence-electron chi connectivity index (χ2n) is 6.31. The number of alkyl halides is 3. The molecule has 0 radical (unpaired) electrons. The standard InChI is InChI=1S/C19H12Cl2F3N3O2S/c1-30(28,29)13-5-2-11(3-6-13)17-16(14-7-4-12(20)10-15(14)21)18(19(22,23)24)27(26-17)9-8-25/h2-7,10H,9H2,1H3. The maximum atomic E-state index is 14.0. The van der Waals surface area contributed by atoms with Crippen LogP contribution in [0.4, 0.5) is 13.2 Å². The van der Waals surface area contributed by atoms with Gasteiger partial charge in [0.05, 0.1) is 16.0 Å². The zero-order valence-electron chi connectivity index (χ0n) is 15.2. The highest BCUT2D eigenvalue weighted by molar-refractivity contribution is 7.90. The summed E-state index contributed by atoms with van der Waals surface area (Å²) in [5.41, 5.74) is -1.31. The van der Waals surface area contributed by atoms with Gasteiger partial charge in [0, 0.05) is 28.0 Å². The predicted octanol–water partition coefficient (Wildman–Crippen LogP) is 5.47. The van der Waals surface area contributed by atoms with Crippen LogP contribution in [0.2, 0.25) is 10.0 Å². The molecule has 0 amide bonds. The van der Waals surface area contributed by atoms with Gasteiger partial charge in [-0.1, -0.05) is 41.4 Å². The predicted molar refractivity (Wildman–Crippen MR) is 107 cm³/mol. The minimum absolute atomic E-state index is 0.00447. The molecule has 0 atom stereocenters. The Balaban J connectivity index is 2.36. The van der Waals surface area contributed by atoms with Crippen LogP contribution in [0.25, 0.3) is 22.4 Å². The molecule has 11 heteroatoms. The van der Waals surface area contributed by atoms with Crippen molar-refractivity contribution in [1.29, 1.82) is 5.26 Å². The second-order valence-corrected chi connectivity index (χ2v) is 9.17. The maximum Gasteiger partial charge on any atom is 0.433 e. The minimum Gasteiger partial charge on any atom is -0.245 e. The van der Waals surface area contributed by atoms with E-state index in [4.69, 9.17) is 28.5 Å². The minimum atomic E-state index is -4.84. The van der Waals surface area contributed by atoms with Crippen LogP contribution in [0.1, 0.15) is 5.69 Å². The van der Waals surface area contributed by atoms with Crippen molar-refractivity contribution in [3.63, 3.8) is 0 Å². The summed E-state index contributed by atoms with van der Waals surface area (Å²) in [5, 5.41) is 13.2. The molecule has 0 spiro atoms. The van der Waals surface area contributed by atoms with Gasteiger partial charge in [-0.2, -0.15) is 23.5 Å². The van der Waals surface area contributed by atoms with Gasteiger partial charge in [0.2, 0.25) is 0 Å². The van der Waals surface area contributed by atoms with Crippen LogP contribution in [-0.2, 0) is 22.6 Å². The third kappa shape index (κ3) is 4.31. The summed E-state index contributed by atoms with van der Waals surface area (Å²) in [5.74, 6) is 0. The van der Waals surface area contributed by atoms with E-state index in [1.54, 1.807) is 6.07 Å². The van der Waals surface area contributed by atoms with E-state index in [0.717, 1.165) is 6.26 Å². The zero-order valence-corrected chi connectivity index (χ0v) is 17.5. The van der Waals surface area contributed by atoms with E-state index in [0.29, 0.717) is 4.68 Å². The van der Waals surface area contributed by atoms with E-state index in [1.165, 1.54) is 42.5 Å². The summed E-state index contributed by atoms with van der Waals surface area (Å²) in [6.07, 6.45) is -3.82. The SMILES string of the molecule is CS(=O)(=O)c1ccc(-c2nn(CC#N)c(C(F)(F)F)c2-c2ccc(Cl)cc2Cl)cc1. The molecule has 30 heavy (non-hydrogen) atoms. The van der Waals surface area contributed by atoms with Crippen molar-refractivity contribution in [3.8, 4) is 28.5 Å². The first kappa shape index (κ1) is 22.2. The second kappa shape index (κ2) is 7.95. The Labute approximate surface area is 180 Å². The molecular weight excluding hydrogens is 462 g/mol. The monoisotopic (exact) mass is 473 g/mol. The number of hydrogen-bond acceptors (Lipinski definition) is 4. The highest BCUT2D eigenvalue weighted by Gasteiger charge is 2.41. The van der Waals surface area contributed by atoms with Gasteiger partial charge in [-0.05, 0) is 24.3 Å². The maximum absolute atomic E-state index is 14.0. The number of halogens is 5. The fourth-order valence-electron chi connectivity index (χ4n) is 2.94. The molecule has 0 bridgehead atoms. The first-order valence-corrected chi connectivity index (χ1v) is 10.9. The van der Waals surface area contributed by atoms with Crippen LogP contribution in [0.3, 0.4) is 0 Å². The largest absolute Gasteiger partial charge is 0.433 e. The third-order valence-electron chi connectivity index (χ3n) is 4.20. The Kier molecular flexibility index (Phi) is 5.87. The fourth-order valence-corrected chi connectivity index (χ4v) is 4.07. The topological polar surface area (TPSA) is 75.8 Å². The number of nitriles is 1. The van der Waals surface area contributed by atoms with Crippen LogP contribution < -0.4 is 0 Å². The van der Waals surface area contributed by atoms with E-state index in [1.807, 2.05) is 0 Å². The summed E-state index contributed by atoms with van der Waals surface area (Å²) in [6, 6.07) is 10.9. The normalized spacial score (nSPS) is 12.0. The smallest absolute Gasteiger partial charge is 0.245 e. The molecule has 0 saturated carbocycles. The zero-order chi connectivity index (χ0) is 22.3. The molecule has 1 aromatic heterocycles. The van der Waals surface area contributed by atoms with Crippen molar-refractivity contribution < 1.29 is 21.6 Å². The number of benzene rings is 2. The summed E-state index contributed by atoms with van der Waals surface area (Å²) in [4.78, 5) is 0.00447. The van der Waals surface area contributed by atoms with E-state index in [-0.39, 0.29) is 37.3 Å².